The van der Waals surface area contributed by atoms with Gasteiger partial charge in [-0.3, -0.25) is 4.90 Å². The van der Waals surface area contributed by atoms with E-state index in [1.165, 1.54) is 50.9 Å². The lowest BCUT2D eigenvalue weighted by molar-refractivity contribution is 0.139. The zero-order valence-electron chi connectivity index (χ0n) is 13.1. The number of aromatic hydroxyl groups is 1. The highest BCUT2D eigenvalue weighted by Gasteiger charge is 2.35. The van der Waals surface area contributed by atoms with Crippen LogP contribution in [0.15, 0.2) is 24.3 Å². The fraction of sp³-hybridized carbons (Fsp3) is 0.667. The molecule has 2 N–H and O–H groups in total. The molecule has 116 valence electrons. The predicted octanol–water partition coefficient (Wildman–Crippen LogP) is 3.31. The molecule has 0 bridgehead atoms. The largest absolute Gasteiger partial charge is 0.508 e. The lowest BCUT2D eigenvalue weighted by Crippen LogP contribution is -2.39. The number of nitrogens with one attached hydrogen (secondary N) is 1. The van der Waals surface area contributed by atoms with Crippen LogP contribution in [-0.4, -0.2) is 35.7 Å². The molecule has 1 aromatic carbocycles. The van der Waals surface area contributed by atoms with Crippen LogP contribution in [0.4, 0.5) is 0 Å². The summed E-state index contributed by atoms with van der Waals surface area (Å²) >= 11 is 0. The number of nitrogens with zero attached hydrogens (tertiary/aromatic N) is 1. The van der Waals surface area contributed by atoms with Gasteiger partial charge in [0.05, 0.1) is 0 Å². The number of hydrogen-bond acceptors (Lipinski definition) is 3. The Morgan fingerprint density at radius 3 is 2.38 bits per heavy atom. The van der Waals surface area contributed by atoms with Gasteiger partial charge in [-0.05, 0) is 68.8 Å². The third-order valence-electron chi connectivity index (χ3n) is 5.01. The van der Waals surface area contributed by atoms with Gasteiger partial charge in [0.25, 0.3) is 0 Å². The van der Waals surface area contributed by atoms with Crippen LogP contribution in [0.5, 0.6) is 5.75 Å². The topological polar surface area (TPSA) is 35.5 Å². The van der Waals surface area contributed by atoms with Gasteiger partial charge < -0.3 is 10.4 Å². The Bertz CT molecular complexity index is 435. The molecular weight excluding hydrogens is 260 g/mol. The van der Waals surface area contributed by atoms with Crippen LogP contribution in [0, 0.1) is 5.92 Å². The molecule has 0 amide bonds. The third kappa shape index (κ3) is 3.78. The second kappa shape index (κ2) is 6.80. The van der Waals surface area contributed by atoms with E-state index in [1.54, 1.807) is 0 Å². The van der Waals surface area contributed by atoms with Crippen LogP contribution in [-0.2, 0) is 0 Å². The molecule has 0 spiro atoms. The summed E-state index contributed by atoms with van der Waals surface area (Å²) in [4.78, 5) is 2.75. The average molecular weight is 288 g/mol. The minimum Gasteiger partial charge on any atom is -0.508 e. The quantitative estimate of drug-likeness (QED) is 0.843. The molecule has 1 aromatic rings. The first-order chi connectivity index (χ1) is 10.3. The molecule has 0 aromatic heterocycles. The van der Waals surface area contributed by atoms with Crippen molar-refractivity contribution in [3.05, 3.63) is 29.8 Å². The summed E-state index contributed by atoms with van der Waals surface area (Å²) in [7, 11) is 0. The van der Waals surface area contributed by atoms with Gasteiger partial charge in [0.2, 0.25) is 0 Å². The van der Waals surface area contributed by atoms with Crippen molar-refractivity contribution in [2.75, 3.05) is 19.6 Å². The van der Waals surface area contributed by atoms with Gasteiger partial charge in [0.15, 0.2) is 0 Å². The molecule has 3 heteroatoms. The van der Waals surface area contributed by atoms with E-state index in [0.29, 0.717) is 11.8 Å². The highest BCUT2D eigenvalue weighted by atomic mass is 16.3. The van der Waals surface area contributed by atoms with Gasteiger partial charge >= 0.3 is 0 Å². The number of phenols is 1. The van der Waals surface area contributed by atoms with E-state index >= 15 is 0 Å². The second-order valence-corrected chi connectivity index (χ2v) is 6.64. The lowest BCUT2D eigenvalue weighted by atomic mass is 9.95. The first-order valence-corrected chi connectivity index (χ1v) is 8.53. The summed E-state index contributed by atoms with van der Waals surface area (Å²) in [6.07, 6.45) is 6.50. The van der Waals surface area contributed by atoms with Crippen LogP contribution in [0.2, 0.25) is 0 Å². The predicted molar refractivity (Wildman–Crippen MR) is 86.5 cm³/mol. The highest BCUT2D eigenvalue weighted by Crippen LogP contribution is 2.37. The van der Waals surface area contributed by atoms with Gasteiger partial charge in [-0.25, -0.2) is 0 Å². The summed E-state index contributed by atoms with van der Waals surface area (Å²) in [5, 5.41) is 13.0. The van der Waals surface area contributed by atoms with Crippen molar-refractivity contribution < 1.29 is 5.11 Å². The summed E-state index contributed by atoms with van der Waals surface area (Å²) in [6, 6.07) is 9.15. The van der Waals surface area contributed by atoms with Gasteiger partial charge in [-0.1, -0.05) is 19.1 Å². The summed E-state index contributed by atoms with van der Waals surface area (Å²) in [6.45, 7) is 5.89. The van der Waals surface area contributed by atoms with Crippen molar-refractivity contribution >= 4 is 0 Å². The number of rotatable bonds is 6. The standard InChI is InChI=1S/C18H28N2O/c1-2-18(15-3-7-17(21)8-4-15)20(16-5-6-16)13-14-9-11-19-12-10-14/h3-4,7-8,14,16,18-19,21H,2,5-6,9-13H2,1H3. The maximum absolute atomic E-state index is 9.51. The molecule has 3 nitrogen and oxygen atoms in total. The first-order valence-electron chi connectivity index (χ1n) is 8.53. The smallest absolute Gasteiger partial charge is 0.115 e. The molecule has 1 saturated carbocycles. The average Bonchev–Trinajstić information content (AvgIpc) is 3.34. The SMILES string of the molecule is CCC(c1ccc(O)cc1)N(CC1CCNCC1)C1CC1. The van der Waals surface area contributed by atoms with Crippen molar-refractivity contribution in [3.63, 3.8) is 0 Å². The zero-order valence-corrected chi connectivity index (χ0v) is 13.1. The molecule has 21 heavy (non-hydrogen) atoms. The van der Waals surface area contributed by atoms with E-state index in [9.17, 15) is 5.11 Å². The van der Waals surface area contributed by atoms with E-state index in [2.05, 4.69) is 29.3 Å². The fourth-order valence-corrected chi connectivity index (χ4v) is 3.66. The third-order valence-corrected chi connectivity index (χ3v) is 5.01. The minimum atomic E-state index is 0.366. The molecule has 0 radical (unpaired) electrons. The monoisotopic (exact) mass is 288 g/mol. The van der Waals surface area contributed by atoms with Crippen LogP contribution in [0.1, 0.15) is 50.6 Å². The summed E-state index contributed by atoms with van der Waals surface area (Å²) < 4.78 is 0. The normalized spacial score (nSPS) is 21.6. The van der Waals surface area contributed by atoms with E-state index in [-0.39, 0.29) is 0 Å². The molecule has 2 fully saturated rings. The van der Waals surface area contributed by atoms with E-state index in [0.717, 1.165) is 18.4 Å². The Labute approximate surface area is 128 Å². The van der Waals surface area contributed by atoms with Gasteiger partial charge in [-0.2, -0.15) is 0 Å². The van der Waals surface area contributed by atoms with Crippen molar-refractivity contribution in [1.82, 2.24) is 10.2 Å². The minimum absolute atomic E-state index is 0.366. The van der Waals surface area contributed by atoms with Gasteiger partial charge in [0.1, 0.15) is 5.75 Å². The second-order valence-electron chi connectivity index (χ2n) is 6.64. The Hall–Kier alpha value is -1.06. The van der Waals surface area contributed by atoms with Crippen LogP contribution < -0.4 is 5.32 Å². The molecule has 1 aliphatic heterocycles. The van der Waals surface area contributed by atoms with E-state index < -0.39 is 0 Å². The zero-order chi connectivity index (χ0) is 14.7. The number of phenolic OH excluding ortho intramolecular Hbond substituents is 1. The number of piperidine rings is 1. The fourth-order valence-electron chi connectivity index (χ4n) is 3.66. The van der Waals surface area contributed by atoms with E-state index in [4.69, 9.17) is 0 Å². The maximum Gasteiger partial charge on any atom is 0.115 e. The molecule has 1 atom stereocenters. The highest BCUT2D eigenvalue weighted by molar-refractivity contribution is 5.28. The number of benzene rings is 1. The van der Waals surface area contributed by atoms with Crippen LogP contribution >= 0.6 is 0 Å². The van der Waals surface area contributed by atoms with Gasteiger partial charge in [0, 0.05) is 18.6 Å². The van der Waals surface area contributed by atoms with Crippen molar-refractivity contribution in [2.45, 2.75) is 51.1 Å². The molecule has 2 aliphatic rings. The Balaban J connectivity index is 1.72. The maximum atomic E-state index is 9.51. The van der Waals surface area contributed by atoms with Crippen molar-refractivity contribution in [3.8, 4) is 5.75 Å². The lowest BCUT2D eigenvalue weighted by Gasteiger charge is -2.36. The molecular formula is C18H28N2O. The molecule has 1 unspecified atom stereocenters. The van der Waals surface area contributed by atoms with Crippen LogP contribution in [0.3, 0.4) is 0 Å². The molecule has 1 aliphatic carbocycles. The van der Waals surface area contributed by atoms with Crippen molar-refractivity contribution in [1.29, 1.82) is 0 Å². The van der Waals surface area contributed by atoms with Gasteiger partial charge in [-0.15, -0.1) is 0 Å². The Morgan fingerprint density at radius 1 is 1.14 bits per heavy atom. The molecule has 1 heterocycles. The van der Waals surface area contributed by atoms with Crippen molar-refractivity contribution in [2.24, 2.45) is 5.92 Å². The molecule has 1 saturated heterocycles. The van der Waals surface area contributed by atoms with E-state index in [1.807, 2.05) is 12.1 Å². The molecule has 3 rings (SSSR count). The Kier molecular flexibility index (Phi) is 4.81. The Morgan fingerprint density at radius 2 is 1.81 bits per heavy atom. The number of hydrogen-bond donors (Lipinski definition) is 2. The summed E-state index contributed by atoms with van der Waals surface area (Å²) in [5.74, 6) is 1.21. The van der Waals surface area contributed by atoms with Crippen LogP contribution in [0.25, 0.3) is 0 Å². The first kappa shape index (κ1) is 14.9. The summed E-state index contributed by atoms with van der Waals surface area (Å²) in [5.41, 5.74) is 1.36.